The fraction of sp³-hybridized carbons (Fsp3) is 0.400. The number of hydrogen-bond acceptors (Lipinski definition) is 2. The molecular weight excluding hydrogens is 243 g/mol. The molecule has 6 heteroatoms. The molecule has 2 nitrogen and oxygen atoms in total. The van der Waals surface area contributed by atoms with Gasteiger partial charge in [0.1, 0.15) is 10.8 Å². The molecule has 0 unspecified atom stereocenters. The molecule has 0 spiro atoms. The highest BCUT2D eigenvalue weighted by Crippen LogP contribution is 2.29. The molecule has 88 valence electrons. The third-order valence-electron chi connectivity index (χ3n) is 1.92. The van der Waals surface area contributed by atoms with E-state index in [0.717, 1.165) is 12.1 Å². The van der Waals surface area contributed by atoms with Crippen LogP contribution in [0.5, 0.6) is 0 Å². The van der Waals surface area contributed by atoms with Gasteiger partial charge in [-0.05, 0) is 18.6 Å². The highest BCUT2D eigenvalue weighted by atomic mass is 35.5. The number of carbonyl (C=O) groups excluding carboxylic acids is 1. The second-order valence-corrected chi connectivity index (χ2v) is 3.56. The molecule has 0 amide bonds. The van der Waals surface area contributed by atoms with Crippen LogP contribution >= 0.6 is 11.6 Å². The molecule has 0 radical (unpaired) electrons. The van der Waals surface area contributed by atoms with E-state index < -0.39 is 17.0 Å². The average molecular weight is 252 g/mol. The maximum Gasteiger partial charge on any atom is 0.433 e. The van der Waals surface area contributed by atoms with Crippen molar-refractivity contribution >= 4 is 17.4 Å². The van der Waals surface area contributed by atoms with Gasteiger partial charge in [-0.3, -0.25) is 4.79 Å². The summed E-state index contributed by atoms with van der Waals surface area (Å²) in [6.07, 6.45) is -3.70. The first kappa shape index (κ1) is 13.0. The Bertz CT molecular complexity index is 404. The number of halogens is 4. The van der Waals surface area contributed by atoms with Gasteiger partial charge in [0.15, 0.2) is 5.78 Å². The van der Waals surface area contributed by atoms with E-state index in [1.54, 1.807) is 6.92 Å². The van der Waals surface area contributed by atoms with Crippen LogP contribution in [0.2, 0.25) is 5.15 Å². The number of Topliss-reactive ketones (excluding diaryl/α,β-unsaturated/α-hetero) is 1. The van der Waals surface area contributed by atoms with Crippen LogP contribution in [0.15, 0.2) is 12.1 Å². The largest absolute Gasteiger partial charge is 0.433 e. The molecule has 1 aromatic rings. The van der Waals surface area contributed by atoms with Gasteiger partial charge >= 0.3 is 6.18 Å². The van der Waals surface area contributed by atoms with Crippen LogP contribution < -0.4 is 0 Å². The summed E-state index contributed by atoms with van der Waals surface area (Å²) in [4.78, 5) is 14.6. The Balaban J connectivity index is 3.05. The van der Waals surface area contributed by atoms with Crippen molar-refractivity contribution in [2.75, 3.05) is 0 Å². The van der Waals surface area contributed by atoms with Gasteiger partial charge in [-0.2, -0.15) is 13.2 Å². The Kier molecular flexibility index (Phi) is 3.91. The maximum absolute atomic E-state index is 12.2. The Morgan fingerprint density at radius 2 is 2.06 bits per heavy atom. The summed E-state index contributed by atoms with van der Waals surface area (Å²) < 4.78 is 36.7. The highest BCUT2D eigenvalue weighted by Gasteiger charge is 2.33. The molecule has 1 rings (SSSR count). The monoisotopic (exact) mass is 251 g/mol. The third-order valence-corrected chi connectivity index (χ3v) is 2.20. The van der Waals surface area contributed by atoms with Crippen molar-refractivity contribution in [3.63, 3.8) is 0 Å². The van der Waals surface area contributed by atoms with E-state index >= 15 is 0 Å². The van der Waals surface area contributed by atoms with Crippen LogP contribution in [-0.2, 0) is 6.18 Å². The molecule has 0 aliphatic rings. The van der Waals surface area contributed by atoms with Crippen LogP contribution in [0.1, 0.15) is 35.8 Å². The summed E-state index contributed by atoms with van der Waals surface area (Å²) in [7, 11) is 0. The zero-order valence-electron chi connectivity index (χ0n) is 8.44. The first-order valence-corrected chi connectivity index (χ1v) is 5.01. The van der Waals surface area contributed by atoms with Gasteiger partial charge in [-0.25, -0.2) is 4.98 Å². The number of aromatic nitrogens is 1. The minimum Gasteiger partial charge on any atom is -0.294 e. The SMILES string of the molecule is CCCC(=O)c1ccc(C(F)(F)F)nc1Cl. The molecule has 0 aromatic carbocycles. The Morgan fingerprint density at radius 3 is 2.50 bits per heavy atom. The lowest BCUT2D eigenvalue weighted by atomic mass is 10.1. The van der Waals surface area contributed by atoms with E-state index in [1.165, 1.54) is 0 Å². The number of hydrogen-bond donors (Lipinski definition) is 0. The zero-order valence-corrected chi connectivity index (χ0v) is 9.19. The lowest BCUT2D eigenvalue weighted by Gasteiger charge is -2.07. The van der Waals surface area contributed by atoms with Gasteiger partial charge in [-0.1, -0.05) is 18.5 Å². The van der Waals surface area contributed by atoms with Crippen molar-refractivity contribution in [3.8, 4) is 0 Å². The number of carbonyl (C=O) groups is 1. The summed E-state index contributed by atoms with van der Waals surface area (Å²) in [5.41, 5.74) is -1.05. The van der Waals surface area contributed by atoms with E-state index in [1.807, 2.05) is 0 Å². The summed E-state index contributed by atoms with van der Waals surface area (Å²) in [5.74, 6) is -0.297. The molecule has 0 saturated carbocycles. The fourth-order valence-corrected chi connectivity index (χ4v) is 1.42. The van der Waals surface area contributed by atoms with Crippen molar-refractivity contribution in [2.24, 2.45) is 0 Å². The van der Waals surface area contributed by atoms with E-state index in [-0.39, 0.29) is 17.8 Å². The maximum atomic E-state index is 12.2. The second kappa shape index (κ2) is 4.82. The van der Waals surface area contributed by atoms with Crippen LogP contribution in [-0.4, -0.2) is 10.8 Å². The predicted molar refractivity (Wildman–Crippen MR) is 53.5 cm³/mol. The summed E-state index contributed by atoms with van der Waals surface area (Å²) in [6, 6.07) is 1.82. The topological polar surface area (TPSA) is 30.0 Å². The van der Waals surface area contributed by atoms with Gasteiger partial charge in [0.05, 0.1) is 5.56 Å². The number of alkyl halides is 3. The van der Waals surface area contributed by atoms with Crippen molar-refractivity contribution in [1.82, 2.24) is 4.98 Å². The van der Waals surface area contributed by atoms with Crippen molar-refractivity contribution in [2.45, 2.75) is 25.9 Å². The smallest absolute Gasteiger partial charge is 0.294 e. The van der Waals surface area contributed by atoms with Crippen molar-refractivity contribution in [1.29, 1.82) is 0 Å². The summed E-state index contributed by atoms with van der Waals surface area (Å²) in [6.45, 7) is 1.79. The van der Waals surface area contributed by atoms with E-state index in [0.29, 0.717) is 6.42 Å². The lowest BCUT2D eigenvalue weighted by molar-refractivity contribution is -0.141. The molecule has 0 saturated heterocycles. The molecule has 1 heterocycles. The Labute approximate surface area is 95.4 Å². The molecular formula is C10H9ClF3NO. The minimum atomic E-state index is -4.55. The number of nitrogens with zero attached hydrogens (tertiary/aromatic N) is 1. The molecule has 0 atom stereocenters. The number of ketones is 1. The second-order valence-electron chi connectivity index (χ2n) is 3.21. The normalized spacial score (nSPS) is 11.6. The standard InChI is InChI=1S/C10H9ClF3NO/c1-2-3-7(16)6-4-5-8(10(12,13)14)15-9(6)11/h4-5H,2-3H2,1H3. The average Bonchev–Trinajstić information content (AvgIpc) is 2.16. The number of rotatable bonds is 3. The van der Waals surface area contributed by atoms with E-state index in [2.05, 4.69) is 4.98 Å². The molecule has 0 fully saturated rings. The molecule has 0 N–H and O–H groups in total. The molecule has 0 aliphatic heterocycles. The Hall–Kier alpha value is -1.10. The first-order valence-electron chi connectivity index (χ1n) is 4.63. The van der Waals surface area contributed by atoms with Crippen LogP contribution in [0.25, 0.3) is 0 Å². The van der Waals surface area contributed by atoms with Crippen LogP contribution in [0, 0.1) is 0 Å². The highest BCUT2D eigenvalue weighted by molar-refractivity contribution is 6.32. The zero-order chi connectivity index (χ0) is 12.3. The third kappa shape index (κ3) is 2.95. The van der Waals surface area contributed by atoms with Gasteiger partial charge in [0.2, 0.25) is 0 Å². The number of pyridine rings is 1. The molecule has 16 heavy (non-hydrogen) atoms. The van der Waals surface area contributed by atoms with Crippen molar-refractivity contribution in [3.05, 3.63) is 28.5 Å². The van der Waals surface area contributed by atoms with E-state index in [4.69, 9.17) is 11.6 Å². The summed E-state index contributed by atoms with van der Waals surface area (Å²) >= 11 is 5.53. The lowest BCUT2D eigenvalue weighted by Crippen LogP contribution is -2.10. The van der Waals surface area contributed by atoms with Gasteiger partial charge in [-0.15, -0.1) is 0 Å². The minimum absolute atomic E-state index is 0.0384. The van der Waals surface area contributed by atoms with Gasteiger partial charge < -0.3 is 0 Å². The quantitative estimate of drug-likeness (QED) is 0.605. The summed E-state index contributed by atoms with van der Waals surface area (Å²) in [5, 5.41) is -0.395. The molecule has 0 aliphatic carbocycles. The molecule has 0 bridgehead atoms. The van der Waals surface area contributed by atoms with Crippen LogP contribution in [0.4, 0.5) is 13.2 Å². The first-order chi connectivity index (χ1) is 7.36. The molecule has 1 aromatic heterocycles. The van der Waals surface area contributed by atoms with Crippen molar-refractivity contribution < 1.29 is 18.0 Å². The van der Waals surface area contributed by atoms with Gasteiger partial charge in [0.25, 0.3) is 0 Å². The predicted octanol–water partition coefficient (Wildman–Crippen LogP) is 3.74. The fourth-order valence-electron chi connectivity index (χ4n) is 1.16. The van der Waals surface area contributed by atoms with Gasteiger partial charge in [0, 0.05) is 6.42 Å². The Morgan fingerprint density at radius 1 is 1.44 bits per heavy atom. The van der Waals surface area contributed by atoms with Crippen LogP contribution in [0.3, 0.4) is 0 Å². The van der Waals surface area contributed by atoms with E-state index in [9.17, 15) is 18.0 Å².